The van der Waals surface area contributed by atoms with Gasteiger partial charge in [0.15, 0.2) is 5.96 Å². The van der Waals surface area contributed by atoms with Crippen LogP contribution in [0.4, 0.5) is 5.69 Å². The summed E-state index contributed by atoms with van der Waals surface area (Å²) in [6, 6.07) is 18.6. The van der Waals surface area contributed by atoms with E-state index in [4.69, 9.17) is 14.5 Å². The van der Waals surface area contributed by atoms with Gasteiger partial charge in [0.1, 0.15) is 0 Å². The van der Waals surface area contributed by atoms with E-state index in [9.17, 15) is 0 Å². The number of hydrogen-bond acceptors (Lipinski definition) is 3. The van der Waals surface area contributed by atoms with E-state index in [1.54, 1.807) is 0 Å². The van der Waals surface area contributed by atoms with Gasteiger partial charge in [-0.3, -0.25) is 0 Å². The molecule has 5 heteroatoms. The molecule has 2 aromatic rings. The summed E-state index contributed by atoms with van der Waals surface area (Å²) in [6.07, 6.45) is 2.06. The van der Waals surface area contributed by atoms with Crippen LogP contribution in [0.15, 0.2) is 59.6 Å². The van der Waals surface area contributed by atoms with E-state index in [2.05, 4.69) is 41.8 Å². The summed E-state index contributed by atoms with van der Waals surface area (Å²) >= 11 is 0. The highest BCUT2D eigenvalue weighted by atomic mass is 16.5. The minimum atomic E-state index is 0.569. The normalized spacial score (nSPS) is 16.9. The lowest BCUT2D eigenvalue weighted by Gasteiger charge is -2.13. The third-order valence-electron chi connectivity index (χ3n) is 4.71. The Morgan fingerprint density at radius 3 is 2.71 bits per heavy atom. The molecule has 1 aliphatic rings. The minimum Gasteiger partial charge on any atom is -0.381 e. The molecule has 0 spiro atoms. The number of anilines is 1. The van der Waals surface area contributed by atoms with Gasteiger partial charge >= 0.3 is 0 Å². The molecule has 1 atom stereocenters. The van der Waals surface area contributed by atoms with Crippen LogP contribution in [-0.2, 0) is 16.0 Å². The Morgan fingerprint density at radius 2 is 1.96 bits per heavy atom. The lowest BCUT2D eigenvalue weighted by Crippen LogP contribution is -2.32. The molecule has 1 aliphatic heterocycles. The van der Waals surface area contributed by atoms with E-state index in [0.29, 0.717) is 12.5 Å². The Hall–Kier alpha value is -2.37. The van der Waals surface area contributed by atoms with Crippen LogP contribution in [0.2, 0.25) is 0 Å². The monoisotopic (exact) mass is 381 g/mol. The van der Waals surface area contributed by atoms with Crippen LogP contribution in [0.3, 0.4) is 0 Å². The van der Waals surface area contributed by atoms with Crippen molar-refractivity contribution in [3.05, 3.63) is 65.7 Å². The second kappa shape index (κ2) is 11.5. The van der Waals surface area contributed by atoms with Gasteiger partial charge in [-0.1, -0.05) is 48.0 Å². The predicted octanol–water partition coefficient (Wildman–Crippen LogP) is 4.00. The zero-order chi connectivity index (χ0) is 19.4. The van der Waals surface area contributed by atoms with E-state index in [0.717, 1.165) is 57.5 Å². The standard InChI is InChI=1S/C23H31N3O2/c1-19-8-10-20(11-9-19)16-25-23(26-22-6-3-2-4-7-22)24-13-5-14-27-17-21-12-15-28-18-21/h2-4,6-11,21H,5,12-18H2,1H3,(H2,24,25,26). The maximum absolute atomic E-state index is 5.78. The largest absolute Gasteiger partial charge is 0.381 e. The van der Waals surface area contributed by atoms with Crippen molar-refractivity contribution in [1.82, 2.24) is 5.32 Å². The van der Waals surface area contributed by atoms with E-state index >= 15 is 0 Å². The fourth-order valence-corrected chi connectivity index (χ4v) is 3.01. The fraction of sp³-hybridized carbons (Fsp3) is 0.435. The smallest absolute Gasteiger partial charge is 0.196 e. The van der Waals surface area contributed by atoms with Gasteiger partial charge in [-0.05, 0) is 37.5 Å². The molecule has 5 nitrogen and oxygen atoms in total. The maximum Gasteiger partial charge on any atom is 0.196 e. The predicted molar refractivity (Wildman–Crippen MR) is 115 cm³/mol. The number of rotatable bonds is 9. The summed E-state index contributed by atoms with van der Waals surface area (Å²) in [5, 5.41) is 6.79. The first-order chi connectivity index (χ1) is 13.8. The summed E-state index contributed by atoms with van der Waals surface area (Å²) in [5.41, 5.74) is 3.48. The SMILES string of the molecule is Cc1ccc(CN=C(NCCCOCC2CCOC2)Nc2ccccc2)cc1. The number of aryl methyl sites for hydroxylation is 1. The number of nitrogens with one attached hydrogen (secondary N) is 2. The average Bonchev–Trinajstić information content (AvgIpc) is 3.24. The molecular weight excluding hydrogens is 350 g/mol. The molecule has 0 saturated carbocycles. The lowest BCUT2D eigenvalue weighted by molar-refractivity contribution is 0.0888. The fourth-order valence-electron chi connectivity index (χ4n) is 3.01. The number of benzene rings is 2. The minimum absolute atomic E-state index is 0.569. The molecular formula is C23H31N3O2. The van der Waals surface area contributed by atoms with Crippen molar-refractivity contribution in [3.8, 4) is 0 Å². The summed E-state index contributed by atoms with van der Waals surface area (Å²) in [6.45, 7) is 6.82. The molecule has 0 bridgehead atoms. The van der Waals surface area contributed by atoms with Crippen molar-refractivity contribution in [2.75, 3.05) is 38.3 Å². The quantitative estimate of drug-likeness (QED) is 0.392. The first kappa shape index (κ1) is 20.4. The summed E-state index contributed by atoms with van der Waals surface area (Å²) < 4.78 is 11.2. The number of aliphatic imine (C=N–C) groups is 1. The van der Waals surface area contributed by atoms with Crippen LogP contribution in [-0.4, -0.2) is 38.9 Å². The number of nitrogens with zero attached hydrogens (tertiary/aromatic N) is 1. The Kier molecular flexibility index (Phi) is 8.34. The van der Waals surface area contributed by atoms with Crippen LogP contribution in [0, 0.1) is 12.8 Å². The van der Waals surface area contributed by atoms with Crippen molar-refractivity contribution in [3.63, 3.8) is 0 Å². The average molecular weight is 382 g/mol. The van der Waals surface area contributed by atoms with Gasteiger partial charge in [0, 0.05) is 31.4 Å². The van der Waals surface area contributed by atoms with Gasteiger partial charge in [-0.2, -0.15) is 0 Å². The Bertz CT molecular complexity index is 710. The van der Waals surface area contributed by atoms with E-state index < -0.39 is 0 Å². The maximum atomic E-state index is 5.78. The second-order valence-corrected chi connectivity index (χ2v) is 7.23. The molecule has 1 saturated heterocycles. The lowest BCUT2D eigenvalue weighted by atomic mass is 10.1. The molecule has 1 unspecified atom stereocenters. The summed E-state index contributed by atoms with van der Waals surface area (Å²) in [5.74, 6) is 1.36. The number of guanidine groups is 1. The van der Waals surface area contributed by atoms with Crippen LogP contribution in [0.1, 0.15) is 24.0 Å². The highest BCUT2D eigenvalue weighted by Crippen LogP contribution is 2.12. The summed E-state index contributed by atoms with van der Waals surface area (Å²) in [4.78, 5) is 4.74. The molecule has 0 aliphatic carbocycles. The van der Waals surface area contributed by atoms with Gasteiger partial charge < -0.3 is 20.1 Å². The summed E-state index contributed by atoms with van der Waals surface area (Å²) in [7, 11) is 0. The highest BCUT2D eigenvalue weighted by molar-refractivity contribution is 5.93. The third kappa shape index (κ3) is 7.33. The molecule has 2 N–H and O–H groups in total. The number of ether oxygens (including phenoxy) is 2. The van der Waals surface area contributed by atoms with Crippen LogP contribution >= 0.6 is 0 Å². The molecule has 0 radical (unpaired) electrons. The first-order valence-electron chi connectivity index (χ1n) is 10.1. The number of para-hydroxylation sites is 1. The third-order valence-corrected chi connectivity index (χ3v) is 4.71. The van der Waals surface area contributed by atoms with Gasteiger partial charge in [0.25, 0.3) is 0 Å². The topological polar surface area (TPSA) is 54.9 Å². The molecule has 1 heterocycles. The van der Waals surface area contributed by atoms with E-state index in [-0.39, 0.29) is 0 Å². The van der Waals surface area contributed by atoms with Gasteiger partial charge in [-0.15, -0.1) is 0 Å². The molecule has 2 aromatic carbocycles. The van der Waals surface area contributed by atoms with Crippen molar-refractivity contribution in [2.24, 2.45) is 10.9 Å². The number of hydrogen-bond donors (Lipinski definition) is 2. The van der Waals surface area contributed by atoms with Gasteiger partial charge in [0.2, 0.25) is 0 Å². The first-order valence-corrected chi connectivity index (χ1v) is 10.1. The van der Waals surface area contributed by atoms with Gasteiger partial charge in [-0.25, -0.2) is 4.99 Å². The van der Waals surface area contributed by atoms with Gasteiger partial charge in [0.05, 0.1) is 19.8 Å². The Balaban J connectivity index is 1.46. The van der Waals surface area contributed by atoms with Crippen LogP contribution in [0.25, 0.3) is 0 Å². The zero-order valence-corrected chi connectivity index (χ0v) is 16.7. The molecule has 1 fully saturated rings. The Morgan fingerprint density at radius 1 is 1.14 bits per heavy atom. The van der Waals surface area contributed by atoms with Crippen LogP contribution < -0.4 is 10.6 Å². The highest BCUT2D eigenvalue weighted by Gasteiger charge is 2.15. The Labute approximate surface area is 168 Å². The van der Waals surface area contributed by atoms with Crippen molar-refractivity contribution >= 4 is 11.6 Å². The van der Waals surface area contributed by atoms with Crippen molar-refractivity contribution in [2.45, 2.75) is 26.3 Å². The van der Waals surface area contributed by atoms with Crippen molar-refractivity contribution < 1.29 is 9.47 Å². The molecule has 0 amide bonds. The van der Waals surface area contributed by atoms with Crippen molar-refractivity contribution in [1.29, 1.82) is 0 Å². The molecule has 0 aromatic heterocycles. The van der Waals surface area contributed by atoms with E-state index in [1.165, 1.54) is 11.1 Å². The second-order valence-electron chi connectivity index (χ2n) is 7.23. The zero-order valence-electron chi connectivity index (χ0n) is 16.7. The van der Waals surface area contributed by atoms with Crippen LogP contribution in [0.5, 0.6) is 0 Å². The molecule has 150 valence electrons. The molecule has 28 heavy (non-hydrogen) atoms. The van der Waals surface area contributed by atoms with E-state index in [1.807, 2.05) is 30.3 Å². The molecule has 3 rings (SSSR count).